The van der Waals surface area contributed by atoms with E-state index in [-0.39, 0.29) is 0 Å². The van der Waals surface area contributed by atoms with Gasteiger partial charge >= 0.3 is 0 Å². The molecule has 0 aliphatic heterocycles. The van der Waals surface area contributed by atoms with Gasteiger partial charge in [-0.15, -0.1) is 0 Å². The Kier molecular flexibility index (Phi) is 3.05. The Balaban J connectivity index is 3.44. The number of rotatable bonds is 0. The van der Waals surface area contributed by atoms with Crippen molar-refractivity contribution in [3.8, 4) is 6.07 Å². The van der Waals surface area contributed by atoms with Gasteiger partial charge in [0.1, 0.15) is 16.2 Å². The fourth-order valence-electron chi connectivity index (χ4n) is 0.540. The predicted octanol–water partition coefficient (Wildman–Crippen LogP) is 3.24. The minimum atomic E-state index is 0.499. The number of nitriles is 1. The highest BCUT2D eigenvalue weighted by molar-refractivity contribution is 9.13. The summed E-state index contributed by atoms with van der Waals surface area (Å²) in [5.74, 6) is 0. The lowest BCUT2D eigenvalue weighted by atomic mass is 10.3. The lowest BCUT2D eigenvalue weighted by Gasteiger charge is -1.98. The van der Waals surface area contributed by atoms with Crippen LogP contribution in [-0.2, 0) is 0 Å². The minimum absolute atomic E-state index is 0.499. The van der Waals surface area contributed by atoms with Crippen LogP contribution >= 0.6 is 47.8 Å². The third-order valence-electron chi connectivity index (χ3n) is 1.04. The lowest BCUT2D eigenvalue weighted by Crippen LogP contribution is -1.85. The summed E-state index contributed by atoms with van der Waals surface area (Å²) in [5.41, 5.74) is 0.499. The van der Waals surface area contributed by atoms with Gasteiger partial charge in [0.05, 0.1) is 8.95 Å². The quantitative estimate of drug-likeness (QED) is 0.680. The molecule has 5 heteroatoms. The van der Waals surface area contributed by atoms with E-state index < -0.39 is 0 Å². The Bertz CT molecular complexity index is 329. The Labute approximate surface area is 89.0 Å². The van der Waals surface area contributed by atoms with Crippen molar-refractivity contribution in [3.05, 3.63) is 25.3 Å². The van der Waals surface area contributed by atoms with Gasteiger partial charge in [0.25, 0.3) is 0 Å². The molecule has 0 fully saturated rings. The van der Waals surface area contributed by atoms with Gasteiger partial charge in [-0.25, -0.2) is 4.98 Å². The Morgan fingerprint density at radius 2 is 2.00 bits per heavy atom. The van der Waals surface area contributed by atoms with Crippen LogP contribution in [0.25, 0.3) is 0 Å². The van der Waals surface area contributed by atoms with Crippen molar-refractivity contribution in [1.29, 1.82) is 5.26 Å². The van der Waals surface area contributed by atoms with E-state index in [4.69, 9.17) is 5.26 Å². The Morgan fingerprint density at radius 3 is 2.45 bits per heavy atom. The number of pyridine rings is 1. The maximum atomic E-state index is 8.65. The smallest absolute Gasteiger partial charge is 0.125 e. The van der Waals surface area contributed by atoms with Crippen LogP contribution in [0.3, 0.4) is 0 Å². The molecule has 0 radical (unpaired) electrons. The second-order valence-corrected chi connectivity index (χ2v) is 4.10. The summed E-state index contributed by atoms with van der Waals surface area (Å²) in [4.78, 5) is 3.93. The van der Waals surface area contributed by atoms with Gasteiger partial charge in [-0.2, -0.15) is 5.26 Å². The summed E-state index contributed by atoms with van der Waals surface area (Å²) < 4.78 is 2.05. The number of halogens is 3. The molecule has 2 nitrogen and oxygen atoms in total. The van der Waals surface area contributed by atoms with Gasteiger partial charge in [-0.3, -0.25) is 0 Å². The second-order valence-electron chi connectivity index (χ2n) is 1.70. The summed E-state index contributed by atoms with van der Waals surface area (Å²) in [6.45, 7) is 0. The second kappa shape index (κ2) is 3.65. The number of nitrogens with zero attached hydrogens (tertiary/aromatic N) is 2. The fraction of sp³-hybridized carbons (Fsp3) is 0. The summed E-state index contributed by atoms with van der Waals surface area (Å²) in [6, 6.07) is 2.02. The third kappa shape index (κ3) is 1.81. The van der Waals surface area contributed by atoms with Crippen molar-refractivity contribution >= 4 is 47.8 Å². The van der Waals surface area contributed by atoms with Crippen LogP contribution in [0.2, 0.25) is 0 Å². The summed E-state index contributed by atoms with van der Waals surface area (Å²) in [6.07, 6.45) is 1.62. The highest BCUT2D eigenvalue weighted by atomic mass is 79.9. The van der Waals surface area contributed by atoms with Crippen LogP contribution in [0.1, 0.15) is 5.56 Å². The van der Waals surface area contributed by atoms with Crippen LogP contribution in [0.4, 0.5) is 0 Å². The van der Waals surface area contributed by atoms with Crippen molar-refractivity contribution < 1.29 is 0 Å². The normalized spacial score (nSPS) is 9.27. The molecule has 11 heavy (non-hydrogen) atoms. The highest BCUT2D eigenvalue weighted by Gasteiger charge is 2.07. The van der Waals surface area contributed by atoms with Gasteiger partial charge in [0.15, 0.2) is 0 Å². The van der Waals surface area contributed by atoms with Gasteiger partial charge in [-0.05, 0) is 47.8 Å². The van der Waals surface area contributed by atoms with Crippen LogP contribution in [0, 0.1) is 11.3 Å². The summed E-state index contributed by atoms with van der Waals surface area (Å²) in [5, 5.41) is 8.65. The first-order valence-electron chi connectivity index (χ1n) is 2.56. The molecule has 0 aliphatic carbocycles. The van der Waals surface area contributed by atoms with E-state index in [2.05, 4.69) is 52.8 Å². The molecule has 0 saturated carbocycles. The van der Waals surface area contributed by atoms with Crippen molar-refractivity contribution in [1.82, 2.24) is 4.98 Å². The molecule has 1 aromatic rings. The molecule has 56 valence electrons. The number of hydrogen-bond donors (Lipinski definition) is 0. The summed E-state index contributed by atoms with van der Waals surface area (Å²) >= 11 is 9.65. The average molecular weight is 341 g/mol. The molecule has 1 rings (SSSR count). The topological polar surface area (TPSA) is 36.7 Å². The van der Waals surface area contributed by atoms with Crippen LogP contribution in [0.5, 0.6) is 0 Å². The Morgan fingerprint density at radius 1 is 1.36 bits per heavy atom. The first-order chi connectivity index (χ1) is 5.16. The summed E-state index contributed by atoms with van der Waals surface area (Å²) in [7, 11) is 0. The van der Waals surface area contributed by atoms with Gasteiger partial charge in [-0.1, -0.05) is 0 Å². The van der Waals surface area contributed by atoms with E-state index in [9.17, 15) is 0 Å². The van der Waals surface area contributed by atoms with Crippen molar-refractivity contribution in [2.75, 3.05) is 0 Å². The SMILES string of the molecule is N#Cc1c(Br)ncc(Br)c1Br. The lowest BCUT2D eigenvalue weighted by molar-refractivity contribution is 1.22. The first-order valence-corrected chi connectivity index (χ1v) is 4.94. The van der Waals surface area contributed by atoms with Gasteiger partial charge in [0.2, 0.25) is 0 Å². The van der Waals surface area contributed by atoms with Crippen molar-refractivity contribution in [2.24, 2.45) is 0 Å². The maximum Gasteiger partial charge on any atom is 0.125 e. The predicted molar refractivity (Wildman–Crippen MR) is 52.1 cm³/mol. The van der Waals surface area contributed by atoms with E-state index in [1.807, 2.05) is 6.07 Å². The van der Waals surface area contributed by atoms with Crippen molar-refractivity contribution in [2.45, 2.75) is 0 Å². The zero-order chi connectivity index (χ0) is 8.43. The molecule has 1 aromatic heterocycles. The molecule has 0 atom stereocenters. The van der Waals surface area contributed by atoms with E-state index in [1.54, 1.807) is 6.20 Å². The zero-order valence-corrected chi connectivity index (χ0v) is 9.86. The standard InChI is InChI=1S/C6HBr3N2/c7-4-2-11-6(9)3(1-10)5(4)8/h2H. The zero-order valence-electron chi connectivity index (χ0n) is 5.11. The maximum absolute atomic E-state index is 8.65. The monoisotopic (exact) mass is 338 g/mol. The number of hydrogen-bond acceptors (Lipinski definition) is 2. The fourth-order valence-corrected chi connectivity index (χ4v) is 1.87. The molecule has 0 saturated heterocycles. The highest BCUT2D eigenvalue weighted by Crippen LogP contribution is 2.29. The average Bonchev–Trinajstić information content (AvgIpc) is 1.99. The van der Waals surface area contributed by atoms with E-state index in [0.29, 0.717) is 10.2 Å². The van der Waals surface area contributed by atoms with Crippen LogP contribution < -0.4 is 0 Å². The van der Waals surface area contributed by atoms with Crippen LogP contribution in [0.15, 0.2) is 19.7 Å². The molecule has 0 aliphatic rings. The molecular weight excluding hydrogens is 340 g/mol. The molecule has 0 unspecified atom stereocenters. The van der Waals surface area contributed by atoms with Gasteiger partial charge < -0.3 is 0 Å². The van der Waals surface area contributed by atoms with Crippen LogP contribution in [-0.4, -0.2) is 4.98 Å². The van der Waals surface area contributed by atoms with Crippen molar-refractivity contribution in [3.63, 3.8) is 0 Å². The van der Waals surface area contributed by atoms with Gasteiger partial charge in [0, 0.05) is 6.20 Å². The number of aromatic nitrogens is 1. The molecule has 0 amide bonds. The molecular formula is C6HBr3N2. The van der Waals surface area contributed by atoms with E-state index in [0.717, 1.165) is 8.95 Å². The first kappa shape index (κ1) is 9.17. The largest absolute Gasteiger partial charge is 0.247 e. The molecule has 0 aromatic carbocycles. The third-order valence-corrected chi connectivity index (χ3v) is 3.60. The van der Waals surface area contributed by atoms with E-state index >= 15 is 0 Å². The molecule has 0 N–H and O–H groups in total. The molecule has 0 bridgehead atoms. The Hall–Kier alpha value is 0.0800. The minimum Gasteiger partial charge on any atom is -0.247 e. The molecule has 0 spiro atoms. The van der Waals surface area contributed by atoms with E-state index in [1.165, 1.54) is 0 Å². The molecule has 1 heterocycles.